The zero-order chi connectivity index (χ0) is 14.9. The largest absolute Gasteiger partial charge is 0.508 e. The van der Waals surface area contributed by atoms with E-state index in [4.69, 9.17) is 22.4 Å². The molecule has 0 aliphatic carbocycles. The first kappa shape index (κ1) is 15.1. The third-order valence-corrected chi connectivity index (χ3v) is 4.16. The molecule has 4 N–H and O–H groups in total. The van der Waals surface area contributed by atoms with E-state index in [9.17, 15) is 9.90 Å². The maximum atomic E-state index is 12.0. The number of halogens is 1. The summed E-state index contributed by atoms with van der Waals surface area (Å²) in [4.78, 5) is 13.6. The summed E-state index contributed by atoms with van der Waals surface area (Å²) in [7, 11) is 0. The standard InChI is InChI=1S/C14H19ClN2O3/c1-8-2-3-11(19)13(14(8)15)9-4-12(20)17(5-9)6-10(16)7-18/h2-3,9-10,18-19H,4-7,16H2,1H3. The van der Waals surface area contributed by atoms with Gasteiger partial charge in [0, 0.05) is 37.0 Å². The number of aryl methyl sites for hydroxylation is 1. The summed E-state index contributed by atoms with van der Waals surface area (Å²) in [6, 6.07) is 2.90. The fraction of sp³-hybridized carbons (Fsp3) is 0.500. The van der Waals surface area contributed by atoms with Crippen LogP contribution in [0.3, 0.4) is 0 Å². The van der Waals surface area contributed by atoms with Crippen LogP contribution in [0.25, 0.3) is 0 Å². The topological polar surface area (TPSA) is 86.8 Å². The lowest BCUT2D eigenvalue weighted by molar-refractivity contribution is -0.128. The van der Waals surface area contributed by atoms with Gasteiger partial charge in [-0.2, -0.15) is 0 Å². The summed E-state index contributed by atoms with van der Waals surface area (Å²) in [6.45, 7) is 2.48. The van der Waals surface area contributed by atoms with Crippen LogP contribution in [0.15, 0.2) is 12.1 Å². The van der Waals surface area contributed by atoms with Crippen molar-refractivity contribution in [3.63, 3.8) is 0 Å². The van der Waals surface area contributed by atoms with Crippen LogP contribution >= 0.6 is 11.6 Å². The minimum Gasteiger partial charge on any atom is -0.508 e. The molecule has 1 heterocycles. The molecule has 2 rings (SSSR count). The fourth-order valence-corrected chi connectivity index (χ4v) is 2.88. The lowest BCUT2D eigenvalue weighted by Crippen LogP contribution is -2.40. The van der Waals surface area contributed by atoms with Crippen LogP contribution in [0.4, 0.5) is 0 Å². The zero-order valence-corrected chi connectivity index (χ0v) is 12.1. The third kappa shape index (κ3) is 2.90. The third-order valence-electron chi connectivity index (χ3n) is 3.66. The van der Waals surface area contributed by atoms with Gasteiger partial charge in [-0.25, -0.2) is 0 Å². The highest BCUT2D eigenvalue weighted by Crippen LogP contribution is 2.39. The number of carbonyl (C=O) groups is 1. The highest BCUT2D eigenvalue weighted by molar-refractivity contribution is 6.32. The fourth-order valence-electron chi connectivity index (χ4n) is 2.56. The predicted molar refractivity (Wildman–Crippen MR) is 76.9 cm³/mol. The van der Waals surface area contributed by atoms with Gasteiger partial charge in [-0.1, -0.05) is 17.7 Å². The van der Waals surface area contributed by atoms with Crippen molar-refractivity contribution < 1.29 is 15.0 Å². The molecule has 1 saturated heterocycles. The number of hydrogen-bond acceptors (Lipinski definition) is 4. The molecule has 0 bridgehead atoms. The van der Waals surface area contributed by atoms with Crippen molar-refractivity contribution in [2.24, 2.45) is 5.73 Å². The quantitative estimate of drug-likeness (QED) is 0.773. The molecule has 2 atom stereocenters. The molecule has 1 aromatic carbocycles. The smallest absolute Gasteiger partial charge is 0.223 e. The van der Waals surface area contributed by atoms with Gasteiger partial charge in [0.25, 0.3) is 0 Å². The highest BCUT2D eigenvalue weighted by Gasteiger charge is 2.34. The molecule has 1 aromatic rings. The summed E-state index contributed by atoms with van der Waals surface area (Å²) >= 11 is 6.25. The van der Waals surface area contributed by atoms with Gasteiger partial charge in [0.15, 0.2) is 0 Å². The molecule has 5 nitrogen and oxygen atoms in total. The Morgan fingerprint density at radius 2 is 2.25 bits per heavy atom. The van der Waals surface area contributed by atoms with Gasteiger partial charge < -0.3 is 20.8 Å². The first-order valence-corrected chi connectivity index (χ1v) is 6.94. The molecule has 1 aliphatic rings. The number of aromatic hydroxyl groups is 1. The molecule has 20 heavy (non-hydrogen) atoms. The Kier molecular flexibility index (Phi) is 4.52. The number of nitrogens with zero attached hydrogens (tertiary/aromatic N) is 1. The molecule has 1 aliphatic heterocycles. The second-order valence-electron chi connectivity index (χ2n) is 5.27. The Labute approximate surface area is 122 Å². The van der Waals surface area contributed by atoms with E-state index in [0.29, 0.717) is 30.1 Å². The Bertz CT molecular complexity index is 521. The number of hydrogen-bond donors (Lipinski definition) is 3. The summed E-state index contributed by atoms with van der Waals surface area (Å²) < 4.78 is 0. The van der Waals surface area contributed by atoms with Crippen molar-refractivity contribution in [2.75, 3.05) is 19.7 Å². The molecule has 0 spiro atoms. The van der Waals surface area contributed by atoms with Crippen molar-refractivity contribution in [2.45, 2.75) is 25.3 Å². The Morgan fingerprint density at radius 3 is 2.90 bits per heavy atom. The summed E-state index contributed by atoms with van der Waals surface area (Å²) in [6.07, 6.45) is 0.300. The van der Waals surface area contributed by atoms with E-state index in [1.807, 2.05) is 6.92 Å². The van der Waals surface area contributed by atoms with Crippen molar-refractivity contribution in [1.29, 1.82) is 0 Å². The van der Waals surface area contributed by atoms with Crippen LogP contribution in [0.5, 0.6) is 5.75 Å². The molecular weight excluding hydrogens is 280 g/mol. The van der Waals surface area contributed by atoms with Gasteiger partial charge in [-0.3, -0.25) is 4.79 Å². The molecule has 2 unspecified atom stereocenters. The lowest BCUT2D eigenvalue weighted by atomic mass is 9.95. The van der Waals surface area contributed by atoms with Crippen molar-refractivity contribution >= 4 is 17.5 Å². The number of nitrogens with two attached hydrogens (primary N) is 1. The minimum atomic E-state index is -0.445. The number of phenolic OH excluding ortho intramolecular Hbond substituents is 1. The average molecular weight is 299 g/mol. The van der Waals surface area contributed by atoms with Crippen LogP contribution in [0, 0.1) is 6.92 Å². The van der Waals surface area contributed by atoms with Crippen LogP contribution in [0.2, 0.25) is 5.02 Å². The van der Waals surface area contributed by atoms with E-state index in [-0.39, 0.29) is 24.2 Å². The number of rotatable bonds is 4. The first-order valence-electron chi connectivity index (χ1n) is 6.56. The molecule has 110 valence electrons. The van der Waals surface area contributed by atoms with E-state index in [2.05, 4.69) is 0 Å². The second-order valence-corrected chi connectivity index (χ2v) is 5.65. The number of likely N-dealkylation sites (tertiary alicyclic amines) is 1. The van der Waals surface area contributed by atoms with Gasteiger partial charge in [0.1, 0.15) is 5.75 Å². The van der Waals surface area contributed by atoms with Gasteiger partial charge in [-0.05, 0) is 18.6 Å². The first-order chi connectivity index (χ1) is 9.43. The number of amides is 1. The Hall–Kier alpha value is -1.30. The van der Waals surface area contributed by atoms with Crippen LogP contribution in [-0.4, -0.2) is 46.8 Å². The van der Waals surface area contributed by atoms with Gasteiger partial charge in [0.2, 0.25) is 5.91 Å². The maximum absolute atomic E-state index is 12.0. The molecule has 0 radical (unpaired) electrons. The molecule has 1 fully saturated rings. The Morgan fingerprint density at radius 1 is 1.55 bits per heavy atom. The number of benzene rings is 1. The van der Waals surface area contributed by atoms with Crippen molar-refractivity contribution in [3.8, 4) is 5.75 Å². The SMILES string of the molecule is Cc1ccc(O)c(C2CC(=O)N(CC(N)CO)C2)c1Cl. The van der Waals surface area contributed by atoms with Crippen molar-refractivity contribution in [1.82, 2.24) is 4.90 Å². The van der Waals surface area contributed by atoms with E-state index in [1.54, 1.807) is 17.0 Å². The number of aliphatic hydroxyl groups excluding tert-OH is 1. The normalized spacial score (nSPS) is 20.5. The van der Waals surface area contributed by atoms with E-state index < -0.39 is 6.04 Å². The average Bonchev–Trinajstić information content (AvgIpc) is 2.75. The molecule has 6 heteroatoms. The zero-order valence-electron chi connectivity index (χ0n) is 11.3. The number of phenols is 1. The van der Waals surface area contributed by atoms with Gasteiger partial charge >= 0.3 is 0 Å². The lowest BCUT2D eigenvalue weighted by Gasteiger charge is -2.20. The molecule has 0 saturated carbocycles. The molecule has 1 amide bonds. The van der Waals surface area contributed by atoms with E-state index in [0.717, 1.165) is 5.56 Å². The van der Waals surface area contributed by atoms with E-state index in [1.165, 1.54) is 0 Å². The van der Waals surface area contributed by atoms with Crippen molar-refractivity contribution in [3.05, 3.63) is 28.3 Å². The highest BCUT2D eigenvalue weighted by atomic mass is 35.5. The summed E-state index contributed by atoms with van der Waals surface area (Å²) in [5.41, 5.74) is 7.16. The molecule has 0 aromatic heterocycles. The molecular formula is C14H19ClN2O3. The maximum Gasteiger partial charge on any atom is 0.223 e. The number of carbonyl (C=O) groups excluding carboxylic acids is 1. The summed E-state index contributed by atoms with van der Waals surface area (Å²) in [5.74, 6) is -0.0524. The van der Waals surface area contributed by atoms with Gasteiger partial charge in [0.05, 0.1) is 11.6 Å². The van der Waals surface area contributed by atoms with Gasteiger partial charge in [-0.15, -0.1) is 0 Å². The van der Waals surface area contributed by atoms with Crippen LogP contribution in [-0.2, 0) is 4.79 Å². The second kappa shape index (κ2) is 5.99. The van der Waals surface area contributed by atoms with Crippen LogP contribution in [0.1, 0.15) is 23.5 Å². The predicted octanol–water partition coefficient (Wildman–Crippen LogP) is 0.990. The number of aliphatic hydroxyl groups is 1. The Balaban J connectivity index is 2.20. The van der Waals surface area contributed by atoms with Crippen LogP contribution < -0.4 is 5.73 Å². The minimum absolute atomic E-state index is 0.0316. The summed E-state index contributed by atoms with van der Waals surface area (Å²) in [5, 5.41) is 19.5. The monoisotopic (exact) mass is 298 g/mol. The van der Waals surface area contributed by atoms with E-state index >= 15 is 0 Å².